The van der Waals surface area contributed by atoms with Gasteiger partial charge in [-0.25, -0.2) is 4.79 Å². The predicted molar refractivity (Wildman–Crippen MR) is 61.2 cm³/mol. The Morgan fingerprint density at radius 3 is 2.94 bits per heavy atom. The van der Waals surface area contributed by atoms with Gasteiger partial charge in [0.1, 0.15) is 5.69 Å². The fraction of sp³-hybridized carbons (Fsp3) is 0.250. The van der Waals surface area contributed by atoms with Crippen LogP contribution in [0.1, 0.15) is 17.4 Å². The summed E-state index contributed by atoms with van der Waals surface area (Å²) in [6.07, 6.45) is 5.55. The maximum absolute atomic E-state index is 11.8. The molecule has 2 aromatic heterocycles. The maximum atomic E-state index is 11.8. The molecule has 0 aliphatic rings. The van der Waals surface area contributed by atoms with Crippen LogP contribution in [-0.4, -0.2) is 22.1 Å². The van der Waals surface area contributed by atoms with Gasteiger partial charge >= 0.3 is 5.97 Å². The highest BCUT2D eigenvalue weighted by atomic mass is 16.5. The normalized spacial score (nSPS) is 10.4. The number of carbonyl (C=O) groups excluding carboxylic acids is 1. The SMILES string of the molecule is CCOC(=O)c1c(-c2cc[nH]c2)ccn1C. The van der Waals surface area contributed by atoms with E-state index in [9.17, 15) is 4.79 Å². The lowest BCUT2D eigenvalue weighted by Gasteiger charge is -2.05. The third-order valence-electron chi connectivity index (χ3n) is 2.45. The lowest BCUT2D eigenvalue weighted by atomic mass is 10.1. The number of aryl methyl sites for hydroxylation is 1. The second-order valence-electron chi connectivity index (χ2n) is 3.51. The average molecular weight is 218 g/mol. The first kappa shape index (κ1) is 10.5. The van der Waals surface area contributed by atoms with Gasteiger partial charge in [-0.05, 0) is 19.1 Å². The Balaban J connectivity index is 2.44. The number of ether oxygens (including phenoxy) is 1. The van der Waals surface area contributed by atoms with E-state index in [1.807, 2.05) is 37.8 Å². The Morgan fingerprint density at radius 1 is 1.50 bits per heavy atom. The van der Waals surface area contributed by atoms with Crippen molar-refractivity contribution in [2.24, 2.45) is 7.05 Å². The summed E-state index contributed by atoms with van der Waals surface area (Å²) in [5.41, 5.74) is 2.47. The Morgan fingerprint density at radius 2 is 2.31 bits per heavy atom. The first-order valence-electron chi connectivity index (χ1n) is 5.19. The molecule has 0 saturated carbocycles. The molecule has 0 radical (unpaired) electrons. The smallest absolute Gasteiger partial charge is 0.355 e. The van der Waals surface area contributed by atoms with Crippen molar-refractivity contribution < 1.29 is 9.53 Å². The van der Waals surface area contributed by atoms with E-state index in [1.54, 1.807) is 11.5 Å². The van der Waals surface area contributed by atoms with Crippen LogP contribution >= 0.6 is 0 Å². The van der Waals surface area contributed by atoms with Crippen LogP contribution in [0.3, 0.4) is 0 Å². The molecule has 2 heterocycles. The summed E-state index contributed by atoms with van der Waals surface area (Å²) in [5, 5.41) is 0. The predicted octanol–water partition coefficient (Wildman–Crippen LogP) is 2.20. The number of H-pyrrole nitrogens is 1. The zero-order chi connectivity index (χ0) is 11.5. The quantitative estimate of drug-likeness (QED) is 0.803. The number of hydrogen-bond donors (Lipinski definition) is 1. The van der Waals surface area contributed by atoms with Gasteiger partial charge in [-0.15, -0.1) is 0 Å². The first-order valence-corrected chi connectivity index (χ1v) is 5.19. The second kappa shape index (κ2) is 4.26. The molecule has 2 rings (SSSR count). The summed E-state index contributed by atoms with van der Waals surface area (Å²) in [5.74, 6) is -0.286. The molecule has 0 amide bonds. The number of aromatic amines is 1. The molecule has 0 atom stereocenters. The minimum absolute atomic E-state index is 0.286. The molecule has 0 bridgehead atoms. The zero-order valence-electron chi connectivity index (χ0n) is 9.36. The number of nitrogens with zero attached hydrogens (tertiary/aromatic N) is 1. The summed E-state index contributed by atoms with van der Waals surface area (Å²) >= 11 is 0. The molecule has 0 aromatic carbocycles. The van der Waals surface area contributed by atoms with Gasteiger partial charge in [-0.2, -0.15) is 0 Å². The van der Waals surface area contributed by atoms with Crippen LogP contribution in [0.5, 0.6) is 0 Å². The van der Waals surface area contributed by atoms with Crippen LogP contribution in [0.15, 0.2) is 30.7 Å². The van der Waals surface area contributed by atoms with Gasteiger partial charge in [0.15, 0.2) is 0 Å². The van der Waals surface area contributed by atoms with Crippen LogP contribution in [0.2, 0.25) is 0 Å². The van der Waals surface area contributed by atoms with E-state index in [0.717, 1.165) is 11.1 Å². The molecule has 0 fully saturated rings. The van der Waals surface area contributed by atoms with Gasteiger partial charge in [0.05, 0.1) is 6.61 Å². The molecular formula is C12H14N2O2. The Bertz CT molecular complexity index is 483. The number of rotatable bonds is 3. The largest absolute Gasteiger partial charge is 0.461 e. The van der Waals surface area contributed by atoms with Crippen LogP contribution in [0.4, 0.5) is 0 Å². The molecule has 4 heteroatoms. The van der Waals surface area contributed by atoms with E-state index < -0.39 is 0 Å². The molecule has 0 unspecified atom stereocenters. The summed E-state index contributed by atoms with van der Waals surface area (Å²) in [6.45, 7) is 2.19. The number of esters is 1. The van der Waals surface area contributed by atoms with Crippen molar-refractivity contribution in [2.45, 2.75) is 6.92 Å². The topological polar surface area (TPSA) is 47.0 Å². The molecule has 0 aliphatic carbocycles. The van der Waals surface area contributed by atoms with E-state index in [1.165, 1.54) is 0 Å². The molecular weight excluding hydrogens is 204 g/mol. The Hall–Kier alpha value is -1.97. The van der Waals surface area contributed by atoms with Crippen LogP contribution < -0.4 is 0 Å². The van der Waals surface area contributed by atoms with E-state index in [4.69, 9.17) is 4.74 Å². The molecule has 4 nitrogen and oxygen atoms in total. The Kier molecular flexibility index (Phi) is 2.81. The standard InChI is InChI=1S/C12H14N2O2/c1-3-16-12(15)11-10(5-7-14(11)2)9-4-6-13-8-9/h4-8,13H,3H2,1-2H3. The fourth-order valence-electron chi connectivity index (χ4n) is 1.71. The average Bonchev–Trinajstić information content (AvgIpc) is 2.86. The minimum Gasteiger partial charge on any atom is -0.461 e. The maximum Gasteiger partial charge on any atom is 0.355 e. The van der Waals surface area contributed by atoms with Gasteiger partial charge < -0.3 is 14.3 Å². The van der Waals surface area contributed by atoms with E-state index in [0.29, 0.717) is 12.3 Å². The lowest BCUT2D eigenvalue weighted by Crippen LogP contribution is -2.10. The summed E-state index contributed by atoms with van der Waals surface area (Å²) in [4.78, 5) is 14.8. The van der Waals surface area contributed by atoms with E-state index >= 15 is 0 Å². The van der Waals surface area contributed by atoms with Crippen LogP contribution in [0.25, 0.3) is 11.1 Å². The Labute approximate surface area is 93.9 Å². The van der Waals surface area contributed by atoms with Crippen molar-refractivity contribution in [1.29, 1.82) is 0 Å². The highest BCUT2D eigenvalue weighted by Crippen LogP contribution is 2.24. The number of hydrogen-bond acceptors (Lipinski definition) is 2. The zero-order valence-corrected chi connectivity index (χ0v) is 9.36. The molecule has 16 heavy (non-hydrogen) atoms. The molecule has 84 valence electrons. The third kappa shape index (κ3) is 1.74. The molecule has 0 spiro atoms. The monoisotopic (exact) mass is 218 g/mol. The highest BCUT2D eigenvalue weighted by molar-refractivity contribution is 5.95. The van der Waals surface area contributed by atoms with Gasteiger partial charge in [0.25, 0.3) is 0 Å². The van der Waals surface area contributed by atoms with Crippen molar-refractivity contribution in [3.8, 4) is 11.1 Å². The fourth-order valence-corrected chi connectivity index (χ4v) is 1.71. The number of nitrogens with one attached hydrogen (secondary N) is 1. The first-order chi connectivity index (χ1) is 7.74. The van der Waals surface area contributed by atoms with Crippen LogP contribution in [-0.2, 0) is 11.8 Å². The van der Waals surface area contributed by atoms with Gasteiger partial charge in [-0.1, -0.05) is 0 Å². The summed E-state index contributed by atoms with van der Waals surface area (Å²) < 4.78 is 6.81. The van der Waals surface area contributed by atoms with E-state index in [2.05, 4.69) is 4.98 Å². The number of carbonyl (C=O) groups is 1. The van der Waals surface area contributed by atoms with Crippen molar-refractivity contribution in [1.82, 2.24) is 9.55 Å². The minimum atomic E-state index is -0.286. The second-order valence-corrected chi connectivity index (χ2v) is 3.51. The highest BCUT2D eigenvalue weighted by Gasteiger charge is 2.17. The summed E-state index contributed by atoms with van der Waals surface area (Å²) in [6, 6.07) is 3.84. The van der Waals surface area contributed by atoms with Crippen molar-refractivity contribution in [2.75, 3.05) is 6.61 Å². The summed E-state index contributed by atoms with van der Waals surface area (Å²) in [7, 11) is 1.84. The van der Waals surface area contributed by atoms with Crippen LogP contribution in [0, 0.1) is 0 Å². The van der Waals surface area contributed by atoms with Gasteiger partial charge in [0, 0.05) is 36.8 Å². The molecule has 2 aromatic rings. The van der Waals surface area contributed by atoms with Gasteiger partial charge in [0.2, 0.25) is 0 Å². The van der Waals surface area contributed by atoms with Crippen molar-refractivity contribution in [3.63, 3.8) is 0 Å². The van der Waals surface area contributed by atoms with E-state index in [-0.39, 0.29) is 5.97 Å². The van der Waals surface area contributed by atoms with Gasteiger partial charge in [-0.3, -0.25) is 0 Å². The molecule has 0 saturated heterocycles. The lowest BCUT2D eigenvalue weighted by molar-refractivity contribution is 0.0516. The third-order valence-corrected chi connectivity index (χ3v) is 2.45. The van der Waals surface area contributed by atoms with Crippen molar-refractivity contribution >= 4 is 5.97 Å². The number of aromatic nitrogens is 2. The molecule has 0 aliphatic heterocycles. The molecule has 1 N–H and O–H groups in total. The van der Waals surface area contributed by atoms with Crippen molar-refractivity contribution in [3.05, 3.63) is 36.4 Å².